The van der Waals surface area contributed by atoms with Gasteiger partial charge >= 0.3 is 0 Å². The Morgan fingerprint density at radius 1 is 1.16 bits per heavy atom. The molecule has 0 rings (SSSR count). The molecule has 0 aliphatic carbocycles. The van der Waals surface area contributed by atoms with Gasteiger partial charge in [-0.1, -0.05) is 20.8 Å². The third-order valence-electron chi connectivity index (χ3n) is 2.84. The molecule has 0 aromatic rings. The number of rotatable bonds is 11. The molecule has 0 saturated heterocycles. The average Bonchev–Trinajstić information content (AvgIpc) is 2.26. The molecule has 19 heavy (non-hydrogen) atoms. The quantitative estimate of drug-likeness (QED) is 0.569. The second-order valence-electron chi connectivity index (χ2n) is 5.58. The van der Waals surface area contributed by atoms with E-state index in [-0.39, 0.29) is 6.04 Å². The van der Waals surface area contributed by atoms with Crippen LogP contribution in [0.4, 0.5) is 0 Å². The fourth-order valence-electron chi connectivity index (χ4n) is 1.95. The van der Waals surface area contributed by atoms with E-state index >= 15 is 0 Å². The van der Waals surface area contributed by atoms with Gasteiger partial charge < -0.3 is 5.32 Å². The maximum absolute atomic E-state index is 12.0. The van der Waals surface area contributed by atoms with E-state index < -0.39 is 10.2 Å². The van der Waals surface area contributed by atoms with Crippen molar-refractivity contribution in [3.63, 3.8) is 0 Å². The lowest BCUT2D eigenvalue weighted by Gasteiger charge is -2.22. The molecule has 0 radical (unpaired) electrons. The lowest BCUT2D eigenvalue weighted by molar-refractivity contribution is 0.423. The molecule has 0 saturated carbocycles. The van der Waals surface area contributed by atoms with Gasteiger partial charge in [-0.25, -0.2) is 0 Å². The van der Waals surface area contributed by atoms with E-state index in [1.165, 1.54) is 4.31 Å². The van der Waals surface area contributed by atoms with Crippen LogP contribution in [0.3, 0.4) is 0 Å². The molecule has 0 amide bonds. The topological polar surface area (TPSA) is 61.4 Å². The summed E-state index contributed by atoms with van der Waals surface area (Å²) in [5.41, 5.74) is 0. The molecule has 0 bridgehead atoms. The molecular formula is C13H31N3O2S. The highest BCUT2D eigenvalue weighted by atomic mass is 32.2. The molecule has 1 atom stereocenters. The van der Waals surface area contributed by atoms with E-state index in [0.717, 1.165) is 32.4 Å². The van der Waals surface area contributed by atoms with E-state index in [4.69, 9.17) is 0 Å². The first-order valence-electron chi connectivity index (χ1n) is 7.23. The standard InChI is InChI=1S/C13H31N3O2S/c1-6-8-14-9-7-10-16(5)19(17,18)15-13(4)11-12(2)3/h12-15H,6-11H2,1-5H3. The van der Waals surface area contributed by atoms with E-state index in [9.17, 15) is 8.42 Å². The van der Waals surface area contributed by atoms with Gasteiger partial charge in [-0.05, 0) is 45.2 Å². The van der Waals surface area contributed by atoms with Crippen LogP contribution in [0.1, 0.15) is 47.0 Å². The predicted molar refractivity (Wildman–Crippen MR) is 81.4 cm³/mol. The fourth-order valence-corrected chi connectivity index (χ4v) is 3.10. The second kappa shape index (κ2) is 9.69. The van der Waals surface area contributed by atoms with Crippen molar-refractivity contribution in [2.75, 3.05) is 26.7 Å². The van der Waals surface area contributed by atoms with Gasteiger partial charge in [0, 0.05) is 19.6 Å². The van der Waals surface area contributed by atoms with Crippen molar-refractivity contribution in [1.29, 1.82) is 0 Å². The van der Waals surface area contributed by atoms with Crippen LogP contribution in [0, 0.1) is 5.92 Å². The van der Waals surface area contributed by atoms with Gasteiger partial charge in [0.15, 0.2) is 0 Å². The molecule has 2 N–H and O–H groups in total. The molecule has 1 unspecified atom stereocenters. The molecule has 0 spiro atoms. The van der Waals surface area contributed by atoms with Gasteiger partial charge in [0.25, 0.3) is 10.2 Å². The van der Waals surface area contributed by atoms with Crippen LogP contribution in [0.5, 0.6) is 0 Å². The van der Waals surface area contributed by atoms with Crippen LogP contribution in [0.15, 0.2) is 0 Å². The Morgan fingerprint density at radius 2 is 1.79 bits per heavy atom. The van der Waals surface area contributed by atoms with Crippen molar-refractivity contribution in [2.45, 2.75) is 53.0 Å². The minimum absolute atomic E-state index is 0.0225. The summed E-state index contributed by atoms with van der Waals surface area (Å²) < 4.78 is 28.2. The molecule has 0 aromatic carbocycles. The van der Waals surface area contributed by atoms with E-state index in [2.05, 4.69) is 30.8 Å². The van der Waals surface area contributed by atoms with Gasteiger partial charge in [-0.15, -0.1) is 0 Å². The summed E-state index contributed by atoms with van der Waals surface area (Å²) in [5, 5.41) is 3.27. The number of nitrogens with one attached hydrogen (secondary N) is 2. The fraction of sp³-hybridized carbons (Fsp3) is 1.00. The molecule has 5 nitrogen and oxygen atoms in total. The molecule has 0 fully saturated rings. The summed E-state index contributed by atoms with van der Waals surface area (Å²) >= 11 is 0. The molecule has 0 heterocycles. The predicted octanol–water partition coefficient (Wildman–Crippen LogP) is 1.58. The Hall–Kier alpha value is -0.170. The van der Waals surface area contributed by atoms with Crippen LogP contribution >= 0.6 is 0 Å². The molecular weight excluding hydrogens is 262 g/mol. The van der Waals surface area contributed by atoms with Crippen molar-refractivity contribution >= 4 is 10.2 Å². The number of nitrogens with zero attached hydrogens (tertiary/aromatic N) is 1. The van der Waals surface area contributed by atoms with Gasteiger partial charge in [0.1, 0.15) is 0 Å². The highest BCUT2D eigenvalue weighted by Gasteiger charge is 2.19. The third-order valence-corrected chi connectivity index (χ3v) is 4.54. The van der Waals surface area contributed by atoms with Crippen LogP contribution in [-0.4, -0.2) is 45.4 Å². The van der Waals surface area contributed by atoms with E-state index in [1.54, 1.807) is 7.05 Å². The maximum atomic E-state index is 12.0. The van der Waals surface area contributed by atoms with Gasteiger partial charge in [0.05, 0.1) is 0 Å². The summed E-state index contributed by atoms with van der Waals surface area (Å²) in [7, 11) is -1.71. The van der Waals surface area contributed by atoms with Gasteiger partial charge in [-0.2, -0.15) is 17.4 Å². The van der Waals surface area contributed by atoms with E-state index in [1.807, 2.05) is 6.92 Å². The summed E-state index contributed by atoms with van der Waals surface area (Å²) in [6.07, 6.45) is 2.78. The zero-order valence-electron chi connectivity index (χ0n) is 13.1. The van der Waals surface area contributed by atoms with Crippen molar-refractivity contribution in [3.8, 4) is 0 Å². The van der Waals surface area contributed by atoms with Crippen molar-refractivity contribution in [1.82, 2.24) is 14.3 Å². The Labute approximate surface area is 119 Å². The first-order valence-corrected chi connectivity index (χ1v) is 8.67. The van der Waals surface area contributed by atoms with E-state index in [0.29, 0.717) is 12.5 Å². The lowest BCUT2D eigenvalue weighted by atomic mass is 10.1. The minimum atomic E-state index is -3.34. The van der Waals surface area contributed by atoms with Crippen LogP contribution < -0.4 is 10.0 Å². The van der Waals surface area contributed by atoms with Gasteiger partial charge in [-0.3, -0.25) is 0 Å². The minimum Gasteiger partial charge on any atom is -0.317 e. The molecule has 116 valence electrons. The normalized spacial score (nSPS) is 14.3. The molecule has 6 heteroatoms. The molecule has 0 aliphatic heterocycles. The maximum Gasteiger partial charge on any atom is 0.279 e. The smallest absolute Gasteiger partial charge is 0.279 e. The lowest BCUT2D eigenvalue weighted by Crippen LogP contribution is -2.43. The summed E-state index contributed by atoms with van der Waals surface area (Å²) in [4.78, 5) is 0. The molecule has 0 aliphatic rings. The largest absolute Gasteiger partial charge is 0.317 e. The van der Waals surface area contributed by atoms with Crippen LogP contribution in [0.25, 0.3) is 0 Å². The highest BCUT2D eigenvalue weighted by Crippen LogP contribution is 2.06. The summed E-state index contributed by atoms with van der Waals surface area (Å²) in [6.45, 7) is 10.6. The molecule has 0 aromatic heterocycles. The first kappa shape index (κ1) is 18.8. The third kappa shape index (κ3) is 9.38. The Kier molecular flexibility index (Phi) is 9.60. The van der Waals surface area contributed by atoms with Crippen molar-refractivity contribution in [2.24, 2.45) is 5.92 Å². The van der Waals surface area contributed by atoms with Crippen LogP contribution in [0.2, 0.25) is 0 Å². The SMILES string of the molecule is CCCNCCCN(C)S(=O)(=O)NC(C)CC(C)C. The van der Waals surface area contributed by atoms with Gasteiger partial charge in [0.2, 0.25) is 0 Å². The highest BCUT2D eigenvalue weighted by molar-refractivity contribution is 7.87. The van der Waals surface area contributed by atoms with Crippen molar-refractivity contribution < 1.29 is 8.42 Å². The summed E-state index contributed by atoms with van der Waals surface area (Å²) in [5.74, 6) is 0.487. The Balaban J connectivity index is 4.03. The van der Waals surface area contributed by atoms with Crippen molar-refractivity contribution in [3.05, 3.63) is 0 Å². The second-order valence-corrected chi connectivity index (χ2v) is 7.39. The number of hydrogen-bond donors (Lipinski definition) is 2. The number of hydrogen-bond acceptors (Lipinski definition) is 3. The van der Waals surface area contributed by atoms with Crippen LogP contribution in [-0.2, 0) is 10.2 Å². The zero-order chi connectivity index (χ0) is 14.9. The first-order chi connectivity index (χ1) is 8.79. The zero-order valence-corrected chi connectivity index (χ0v) is 13.9. The summed E-state index contributed by atoms with van der Waals surface area (Å²) in [6, 6.07) is -0.0225. The Bertz CT molecular complexity index is 318. The Morgan fingerprint density at radius 3 is 2.32 bits per heavy atom. The monoisotopic (exact) mass is 293 g/mol. The average molecular weight is 293 g/mol.